The highest BCUT2D eigenvalue weighted by atomic mass is 32.2. The minimum absolute atomic E-state index is 0.222. The molecule has 1 aliphatic rings. The molecule has 0 radical (unpaired) electrons. The highest BCUT2D eigenvalue weighted by Crippen LogP contribution is 2.37. The van der Waals surface area contributed by atoms with Crippen molar-refractivity contribution in [2.24, 2.45) is 0 Å². The fourth-order valence-corrected chi connectivity index (χ4v) is 4.47. The van der Waals surface area contributed by atoms with Gasteiger partial charge in [-0.05, 0) is 58.5 Å². The number of carbonyl (C=O) groups excluding carboxylic acids is 1. The second kappa shape index (κ2) is 7.93. The van der Waals surface area contributed by atoms with E-state index in [0.29, 0.717) is 6.54 Å². The number of carbonyl (C=O) groups is 1. The monoisotopic (exact) mass is 421 g/mol. The number of fused-ring (bicyclic) bond motifs is 3. The number of anilines is 1. The lowest BCUT2D eigenvalue weighted by molar-refractivity contribution is 0.251. The fourth-order valence-electron chi connectivity index (χ4n) is 3.57. The van der Waals surface area contributed by atoms with E-state index in [9.17, 15) is 13.2 Å². The van der Waals surface area contributed by atoms with E-state index in [1.54, 1.807) is 24.3 Å². The number of nitrogens with zero attached hydrogens (tertiary/aromatic N) is 1. The van der Waals surface area contributed by atoms with Crippen LogP contribution in [0, 0.1) is 0 Å². The van der Waals surface area contributed by atoms with Crippen molar-refractivity contribution in [1.29, 1.82) is 0 Å². The Morgan fingerprint density at radius 1 is 0.933 bits per heavy atom. The van der Waals surface area contributed by atoms with Gasteiger partial charge < -0.3 is 10.6 Å². The van der Waals surface area contributed by atoms with Crippen molar-refractivity contribution in [3.63, 3.8) is 0 Å². The zero-order chi connectivity index (χ0) is 21.3. The van der Waals surface area contributed by atoms with E-state index in [-0.39, 0.29) is 10.9 Å². The molecule has 0 saturated carbocycles. The first-order valence-corrected chi connectivity index (χ1v) is 11.1. The molecule has 4 rings (SSSR count). The minimum Gasteiger partial charge on any atom is -0.334 e. The van der Waals surface area contributed by atoms with Gasteiger partial charge in [0.25, 0.3) is 0 Å². The van der Waals surface area contributed by atoms with Crippen LogP contribution >= 0.6 is 0 Å². The van der Waals surface area contributed by atoms with E-state index in [4.69, 9.17) is 0 Å². The number of hydrogen-bond acceptors (Lipinski definition) is 3. The Hall–Kier alpha value is -3.16. The Kier molecular flexibility index (Phi) is 5.32. The van der Waals surface area contributed by atoms with Crippen molar-refractivity contribution in [3.05, 3.63) is 83.4 Å². The van der Waals surface area contributed by atoms with E-state index in [1.165, 1.54) is 40.7 Å². The Balaban J connectivity index is 1.36. The third-order valence-electron chi connectivity index (χ3n) is 5.21. The molecule has 0 aliphatic heterocycles. The van der Waals surface area contributed by atoms with Crippen LogP contribution in [-0.4, -0.2) is 32.8 Å². The molecule has 0 saturated heterocycles. The molecule has 0 heterocycles. The molecule has 3 aromatic carbocycles. The van der Waals surface area contributed by atoms with Gasteiger partial charge in [0.05, 0.1) is 4.90 Å². The first-order valence-electron chi connectivity index (χ1n) is 9.62. The predicted octanol–water partition coefficient (Wildman–Crippen LogP) is 3.83. The molecule has 2 N–H and O–H groups in total. The number of amides is 2. The van der Waals surface area contributed by atoms with E-state index >= 15 is 0 Å². The Bertz CT molecular complexity index is 1200. The smallest absolute Gasteiger partial charge is 0.319 e. The number of rotatable bonds is 5. The van der Waals surface area contributed by atoms with Gasteiger partial charge in [0.15, 0.2) is 0 Å². The third-order valence-corrected chi connectivity index (χ3v) is 7.04. The lowest BCUT2D eigenvalue weighted by atomic mass is 10.1. The Morgan fingerprint density at radius 3 is 2.37 bits per heavy atom. The molecule has 7 heteroatoms. The van der Waals surface area contributed by atoms with Crippen molar-refractivity contribution in [2.75, 3.05) is 19.4 Å². The SMILES string of the molecule is CN(C)S(=O)(=O)c1ccc(CNC(=O)Nc2ccc3c(c2)Cc2ccccc2-3)cc1. The molecule has 0 atom stereocenters. The highest BCUT2D eigenvalue weighted by molar-refractivity contribution is 7.89. The van der Waals surface area contributed by atoms with Crippen molar-refractivity contribution < 1.29 is 13.2 Å². The summed E-state index contributed by atoms with van der Waals surface area (Å²) in [5.74, 6) is 0. The Morgan fingerprint density at radius 2 is 1.63 bits per heavy atom. The van der Waals surface area contributed by atoms with Crippen LogP contribution in [0.4, 0.5) is 10.5 Å². The summed E-state index contributed by atoms with van der Waals surface area (Å²) in [7, 11) is -0.471. The zero-order valence-electron chi connectivity index (χ0n) is 16.8. The number of urea groups is 1. The predicted molar refractivity (Wildman–Crippen MR) is 118 cm³/mol. The number of benzene rings is 3. The topological polar surface area (TPSA) is 78.5 Å². The summed E-state index contributed by atoms with van der Waals surface area (Å²) in [5, 5.41) is 5.67. The van der Waals surface area contributed by atoms with Gasteiger partial charge in [0.2, 0.25) is 10.0 Å². The number of nitrogens with one attached hydrogen (secondary N) is 2. The summed E-state index contributed by atoms with van der Waals surface area (Å²) in [6, 6.07) is 20.5. The van der Waals surface area contributed by atoms with Crippen molar-refractivity contribution >= 4 is 21.7 Å². The van der Waals surface area contributed by atoms with Gasteiger partial charge in [0.1, 0.15) is 0 Å². The van der Waals surface area contributed by atoms with Gasteiger partial charge in [-0.25, -0.2) is 17.5 Å². The van der Waals surface area contributed by atoms with E-state index in [0.717, 1.165) is 17.7 Å². The van der Waals surface area contributed by atoms with Crippen LogP contribution in [0.3, 0.4) is 0 Å². The molecule has 3 aromatic rings. The zero-order valence-corrected chi connectivity index (χ0v) is 17.7. The van der Waals surface area contributed by atoms with Crippen molar-refractivity contribution in [1.82, 2.24) is 9.62 Å². The largest absolute Gasteiger partial charge is 0.334 e. The van der Waals surface area contributed by atoms with Gasteiger partial charge in [-0.15, -0.1) is 0 Å². The first-order chi connectivity index (χ1) is 14.3. The van der Waals surface area contributed by atoms with Crippen LogP contribution in [0.2, 0.25) is 0 Å². The molecule has 0 spiro atoms. The molecule has 0 bridgehead atoms. The van der Waals surface area contributed by atoms with Crippen LogP contribution in [0.1, 0.15) is 16.7 Å². The van der Waals surface area contributed by atoms with Gasteiger partial charge >= 0.3 is 6.03 Å². The molecule has 30 heavy (non-hydrogen) atoms. The maximum absolute atomic E-state index is 12.3. The molecule has 1 aliphatic carbocycles. The molecular formula is C23H23N3O3S. The van der Waals surface area contributed by atoms with Gasteiger partial charge in [-0.3, -0.25) is 0 Å². The Labute approximate surface area is 176 Å². The van der Waals surface area contributed by atoms with E-state index < -0.39 is 10.0 Å². The third kappa shape index (κ3) is 3.94. The number of hydrogen-bond donors (Lipinski definition) is 2. The second-order valence-electron chi connectivity index (χ2n) is 7.44. The van der Waals surface area contributed by atoms with E-state index in [1.807, 2.05) is 30.3 Å². The highest BCUT2D eigenvalue weighted by Gasteiger charge is 2.18. The normalized spacial score (nSPS) is 12.4. The fraction of sp³-hybridized carbons (Fsp3) is 0.174. The lowest BCUT2D eigenvalue weighted by Crippen LogP contribution is -2.28. The van der Waals surface area contributed by atoms with Gasteiger partial charge in [0, 0.05) is 26.3 Å². The summed E-state index contributed by atoms with van der Waals surface area (Å²) >= 11 is 0. The number of sulfonamides is 1. The summed E-state index contributed by atoms with van der Waals surface area (Å²) in [6.45, 7) is 0.296. The van der Waals surface area contributed by atoms with Crippen LogP contribution < -0.4 is 10.6 Å². The molecule has 154 valence electrons. The van der Waals surface area contributed by atoms with Gasteiger partial charge in [-0.1, -0.05) is 42.5 Å². The lowest BCUT2D eigenvalue weighted by Gasteiger charge is -2.12. The summed E-state index contributed by atoms with van der Waals surface area (Å²) in [5.41, 5.74) is 6.52. The molecular weight excluding hydrogens is 398 g/mol. The molecule has 6 nitrogen and oxygen atoms in total. The van der Waals surface area contributed by atoms with Crippen LogP contribution in [-0.2, 0) is 23.0 Å². The summed E-state index contributed by atoms with van der Waals surface area (Å²) in [6.07, 6.45) is 0.866. The average Bonchev–Trinajstić information content (AvgIpc) is 3.10. The molecule has 0 fully saturated rings. The molecule has 2 amide bonds. The standard InChI is InChI=1S/C23H23N3O3S/c1-26(2)30(28,29)20-10-7-16(8-11-20)15-24-23(27)25-19-9-12-22-18(14-19)13-17-5-3-4-6-21(17)22/h3-12,14H,13,15H2,1-2H3,(H2,24,25,27). The first kappa shape index (κ1) is 20.1. The average molecular weight is 422 g/mol. The maximum Gasteiger partial charge on any atom is 0.319 e. The maximum atomic E-state index is 12.3. The van der Waals surface area contributed by atoms with Crippen LogP contribution in [0.15, 0.2) is 71.6 Å². The van der Waals surface area contributed by atoms with Crippen molar-refractivity contribution in [2.45, 2.75) is 17.9 Å². The van der Waals surface area contributed by atoms with Crippen LogP contribution in [0.5, 0.6) is 0 Å². The van der Waals surface area contributed by atoms with Crippen molar-refractivity contribution in [3.8, 4) is 11.1 Å². The van der Waals surface area contributed by atoms with Crippen LogP contribution in [0.25, 0.3) is 11.1 Å². The van der Waals surface area contributed by atoms with Gasteiger partial charge in [-0.2, -0.15) is 0 Å². The van der Waals surface area contributed by atoms with E-state index in [2.05, 4.69) is 22.8 Å². The summed E-state index contributed by atoms with van der Waals surface area (Å²) < 4.78 is 25.4. The summed E-state index contributed by atoms with van der Waals surface area (Å²) in [4.78, 5) is 12.5. The molecule has 0 unspecified atom stereocenters. The quantitative estimate of drug-likeness (QED) is 0.514. The molecule has 0 aromatic heterocycles. The second-order valence-corrected chi connectivity index (χ2v) is 9.60. The minimum atomic E-state index is -3.46.